The molecule has 6 heteroatoms. The molecule has 0 fully saturated rings. The van der Waals surface area contributed by atoms with Gasteiger partial charge >= 0.3 is 11.9 Å². The van der Waals surface area contributed by atoms with E-state index in [0.717, 1.165) is 5.56 Å². The standard InChI is InChI=1S/C15H20O6/c1-4-21-13(17)8-12(16)14(18)11-7-9(2)5-6-10(11)15(19)20-3/h5-7,12,14,16,18H,4,8H2,1-3H3. The Bertz CT molecular complexity index is 511. The normalized spacial score (nSPS) is 13.4. The fourth-order valence-corrected chi connectivity index (χ4v) is 1.93. The van der Waals surface area contributed by atoms with Gasteiger partial charge in [0.25, 0.3) is 0 Å². The Morgan fingerprint density at radius 2 is 1.95 bits per heavy atom. The molecule has 0 aromatic heterocycles. The van der Waals surface area contributed by atoms with Crippen LogP contribution in [0.3, 0.4) is 0 Å². The molecule has 2 N–H and O–H groups in total. The average molecular weight is 296 g/mol. The summed E-state index contributed by atoms with van der Waals surface area (Å²) in [6, 6.07) is 4.78. The number of methoxy groups -OCH3 is 1. The van der Waals surface area contributed by atoms with Gasteiger partial charge < -0.3 is 19.7 Å². The zero-order valence-corrected chi connectivity index (χ0v) is 12.3. The van der Waals surface area contributed by atoms with Gasteiger partial charge in [-0.05, 0) is 25.5 Å². The Kier molecular flexibility index (Phi) is 6.33. The average Bonchev–Trinajstić information content (AvgIpc) is 2.45. The molecule has 1 aromatic rings. The molecule has 0 aliphatic heterocycles. The fourth-order valence-electron chi connectivity index (χ4n) is 1.93. The minimum Gasteiger partial charge on any atom is -0.466 e. The lowest BCUT2D eigenvalue weighted by atomic mass is 9.95. The van der Waals surface area contributed by atoms with E-state index < -0.39 is 24.1 Å². The first-order valence-electron chi connectivity index (χ1n) is 6.61. The number of aryl methyl sites for hydroxylation is 1. The maximum Gasteiger partial charge on any atom is 0.338 e. The van der Waals surface area contributed by atoms with Gasteiger partial charge in [-0.25, -0.2) is 4.79 Å². The molecule has 2 unspecified atom stereocenters. The molecule has 0 aliphatic carbocycles. The maximum atomic E-state index is 11.7. The molecule has 0 bridgehead atoms. The van der Waals surface area contributed by atoms with Gasteiger partial charge in [0.15, 0.2) is 0 Å². The zero-order valence-electron chi connectivity index (χ0n) is 12.3. The Morgan fingerprint density at radius 3 is 2.52 bits per heavy atom. The Morgan fingerprint density at radius 1 is 1.29 bits per heavy atom. The molecule has 0 amide bonds. The first-order valence-corrected chi connectivity index (χ1v) is 6.61. The van der Waals surface area contributed by atoms with Crippen molar-refractivity contribution in [1.29, 1.82) is 0 Å². The first kappa shape index (κ1) is 17.1. The predicted molar refractivity (Wildman–Crippen MR) is 74.7 cm³/mol. The molecule has 0 saturated carbocycles. The van der Waals surface area contributed by atoms with E-state index in [4.69, 9.17) is 4.74 Å². The third-order valence-electron chi connectivity index (χ3n) is 2.98. The molecule has 21 heavy (non-hydrogen) atoms. The highest BCUT2D eigenvalue weighted by Gasteiger charge is 2.26. The molecule has 6 nitrogen and oxygen atoms in total. The Balaban J connectivity index is 2.99. The number of hydrogen-bond donors (Lipinski definition) is 2. The van der Waals surface area contributed by atoms with Gasteiger partial charge in [-0.3, -0.25) is 4.79 Å². The summed E-state index contributed by atoms with van der Waals surface area (Å²) < 4.78 is 9.36. The predicted octanol–water partition coefficient (Wildman–Crippen LogP) is 1.13. The van der Waals surface area contributed by atoms with E-state index in [1.807, 2.05) is 0 Å². The van der Waals surface area contributed by atoms with E-state index in [9.17, 15) is 19.8 Å². The van der Waals surface area contributed by atoms with Crippen LogP contribution in [0.1, 0.15) is 40.9 Å². The Hall–Kier alpha value is -1.92. The van der Waals surface area contributed by atoms with Crippen LogP contribution in [0.5, 0.6) is 0 Å². The van der Waals surface area contributed by atoms with Crippen molar-refractivity contribution in [2.45, 2.75) is 32.5 Å². The minimum absolute atomic E-state index is 0.151. The maximum absolute atomic E-state index is 11.7. The molecule has 1 rings (SSSR count). The number of aliphatic hydroxyl groups is 2. The number of aliphatic hydroxyl groups excluding tert-OH is 2. The smallest absolute Gasteiger partial charge is 0.338 e. The number of ether oxygens (including phenoxy) is 2. The molecule has 2 atom stereocenters. The van der Waals surface area contributed by atoms with Crippen LogP contribution in [0, 0.1) is 6.92 Å². The molecule has 116 valence electrons. The first-order chi connectivity index (χ1) is 9.90. The van der Waals surface area contributed by atoms with Gasteiger partial charge in [-0.1, -0.05) is 17.7 Å². The number of esters is 2. The van der Waals surface area contributed by atoms with Crippen molar-refractivity contribution < 1.29 is 29.3 Å². The van der Waals surface area contributed by atoms with Gasteiger partial charge in [0.2, 0.25) is 0 Å². The lowest BCUT2D eigenvalue weighted by Crippen LogP contribution is -2.25. The molecule has 0 heterocycles. The van der Waals surface area contributed by atoms with Crippen molar-refractivity contribution >= 4 is 11.9 Å². The summed E-state index contributed by atoms with van der Waals surface area (Å²) >= 11 is 0. The molecule has 0 saturated heterocycles. The minimum atomic E-state index is -1.39. The molecule has 0 aliphatic rings. The lowest BCUT2D eigenvalue weighted by Gasteiger charge is -2.20. The summed E-state index contributed by atoms with van der Waals surface area (Å²) in [5, 5.41) is 20.1. The summed E-state index contributed by atoms with van der Waals surface area (Å²) in [4.78, 5) is 23.0. The lowest BCUT2D eigenvalue weighted by molar-refractivity contribution is -0.147. The third-order valence-corrected chi connectivity index (χ3v) is 2.98. The quantitative estimate of drug-likeness (QED) is 0.764. The molecule has 0 radical (unpaired) electrons. The van der Waals surface area contributed by atoms with Crippen molar-refractivity contribution in [3.05, 3.63) is 34.9 Å². The van der Waals surface area contributed by atoms with E-state index in [1.54, 1.807) is 26.0 Å². The van der Waals surface area contributed by atoms with Gasteiger partial charge in [0, 0.05) is 0 Å². The number of rotatable bonds is 6. The highest BCUT2D eigenvalue weighted by molar-refractivity contribution is 5.91. The van der Waals surface area contributed by atoms with Crippen LogP contribution in [0.25, 0.3) is 0 Å². The highest BCUT2D eigenvalue weighted by Crippen LogP contribution is 2.25. The van der Waals surface area contributed by atoms with Crippen LogP contribution in [0.4, 0.5) is 0 Å². The van der Waals surface area contributed by atoms with Gasteiger partial charge in [-0.15, -0.1) is 0 Å². The van der Waals surface area contributed by atoms with Crippen LogP contribution in [-0.2, 0) is 14.3 Å². The van der Waals surface area contributed by atoms with E-state index in [-0.39, 0.29) is 24.2 Å². The van der Waals surface area contributed by atoms with Crippen LogP contribution >= 0.6 is 0 Å². The van der Waals surface area contributed by atoms with E-state index >= 15 is 0 Å². The van der Waals surface area contributed by atoms with Gasteiger partial charge in [-0.2, -0.15) is 0 Å². The molecule has 0 spiro atoms. The second kappa shape index (κ2) is 7.75. The molecular weight excluding hydrogens is 276 g/mol. The van der Waals surface area contributed by atoms with E-state index in [0.29, 0.717) is 0 Å². The summed E-state index contributed by atoms with van der Waals surface area (Å²) in [5.41, 5.74) is 1.18. The Labute approximate surface area is 123 Å². The van der Waals surface area contributed by atoms with E-state index in [1.165, 1.54) is 13.2 Å². The second-order valence-electron chi connectivity index (χ2n) is 4.60. The second-order valence-corrected chi connectivity index (χ2v) is 4.60. The fraction of sp³-hybridized carbons (Fsp3) is 0.467. The summed E-state index contributed by atoms with van der Waals surface area (Å²) in [7, 11) is 1.23. The number of carbonyl (C=O) groups is 2. The van der Waals surface area contributed by atoms with Crippen molar-refractivity contribution in [2.24, 2.45) is 0 Å². The molecule has 1 aromatic carbocycles. The molecular formula is C15H20O6. The van der Waals surface area contributed by atoms with Crippen LogP contribution < -0.4 is 0 Å². The largest absolute Gasteiger partial charge is 0.466 e. The third kappa shape index (κ3) is 4.54. The van der Waals surface area contributed by atoms with E-state index in [2.05, 4.69) is 4.74 Å². The topological polar surface area (TPSA) is 93.1 Å². The van der Waals surface area contributed by atoms with Crippen LogP contribution in [0.15, 0.2) is 18.2 Å². The van der Waals surface area contributed by atoms with Gasteiger partial charge in [0.1, 0.15) is 6.10 Å². The number of benzene rings is 1. The summed E-state index contributed by atoms with van der Waals surface area (Å²) in [6.07, 6.45) is -3.11. The highest BCUT2D eigenvalue weighted by atomic mass is 16.5. The van der Waals surface area contributed by atoms with Crippen molar-refractivity contribution in [3.8, 4) is 0 Å². The van der Waals surface area contributed by atoms with Gasteiger partial charge in [0.05, 0.1) is 31.8 Å². The number of hydrogen-bond acceptors (Lipinski definition) is 6. The monoisotopic (exact) mass is 296 g/mol. The van der Waals surface area contributed by atoms with Crippen molar-refractivity contribution in [3.63, 3.8) is 0 Å². The number of carbonyl (C=O) groups excluding carboxylic acids is 2. The SMILES string of the molecule is CCOC(=O)CC(O)C(O)c1cc(C)ccc1C(=O)OC. The van der Waals surface area contributed by atoms with Crippen LogP contribution in [-0.4, -0.2) is 42.0 Å². The van der Waals surface area contributed by atoms with Crippen LogP contribution in [0.2, 0.25) is 0 Å². The summed E-state index contributed by atoms with van der Waals surface area (Å²) in [6.45, 7) is 3.63. The zero-order chi connectivity index (χ0) is 16.0. The van der Waals surface area contributed by atoms with Crippen molar-refractivity contribution in [1.82, 2.24) is 0 Å². The summed E-state index contributed by atoms with van der Waals surface area (Å²) in [5.74, 6) is -1.23. The van der Waals surface area contributed by atoms with Crippen molar-refractivity contribution in [2.75, 3.05) is 13.7 Å².